The molecule has 0 aliphatic carbocycles. The molecule has 4 atom stereocenters. The van der Waals surface area contributed by atoms with Crippen LogP contribution in [0.15, 0.2) is 36.4 Å². The SMILES string of the molecule is CCOC(=O)c1ccc(NC(=O)C2CC(C(C)O)NC23C(=O)Nc2c(C)cc(C)cc23)cc1. The largest absolute Gasteiger partial charge is 0.462 e. The van der Waals surface area contributed by atoms with Gasteiger partial charge in [0.2, 0.25) is 11.8 Å². The van der Waals surface area contributed by atoms with Gasteiger partial charge in [0.25, 0.3) is 0 Å². The predicted octanol–water partition coefficient (Wildman–Crippen LogP) is 2.63. The fraction of sp³-hybridized carbons (Fsp3) is 0.400. The molecule has 2 heterocycles. The lowest BCUT2D eigenvalue weighted by molar-refractivity contribution is -0.130. The molecule has 8 nitrogen and oxygen atoms in total. The molecule has 0 saturated carbocycles. The van der Waals surface area contributed by atoms with Gasteiger partial charge < -0.3 is 20.5 Å². The van der Waals surface area contributed by atoms with Crippen molar-refractivity contribution in [3.05, 3.63) is 58.7 Å². The Hall–Kier alpha value is -3.23. The Labute approximate surface area is 192 Å². The molecule has 174 valence electrons. The van der Waals surface area contributed by atoms with Crippen LogP contribution < -0.4 is 16.0 Å². The smallest absolute Gasteiger partial charge is 0.338 e. The fourth-order valence-electron chi connectivity index (χ4n) is 4.91. The van der Waals surface area contributed by atoms with Crippen molar-refractivity contribution < 1.29 is 24.2 Å². The monoisotopic (exact) mass is 451 g/mol. The number of anilines is 2. The minimum absolute atomic E-state index is 0.279. The molecule has 2 amide bonds. The first-order valence-corrected chi connectivity index (χ1v) is 11.1. The summed E-state index contributed by atoms with van der Waals surface area (Å²) in [5, 5.41) is 19.4. The number of hydrogen-bond acceptors (Lipinski definition) is 6. The van der Waals surface area contributed by atoms with Crippen molar-refractivity contribution in [2.75, 3.05) is 17.2 Å². The molecule has 2 aliphatic heterocycles. The summed E-state index contributed by atoms with van der Waals surface area (Å²) in [6.45, 7) is 7.53. The number of rotatable bonds is 5. The van der Waals surface area contributed by atoms with Crippen LogP contribution in [0.25, 0.3) is 0 Å². The van der Waals surface area contributed by atoms with Crippen LogP contribution in [0, 0.1) is 19.8 Å². The Balaban J connectivity index is 1.67. The number of carbonyl (C=O) groups is 3. The fourth-order valence-corrected chi connectivity index (χ4v) is 4.91. The van der Waals surface area contributed by atoms with E-state index >= 15 is 0 Å². The highest BCUT2D eigenvalue weighted by Crippen LogP contribution is 2.49. The van der Waals surface area contributed by atoms with Gasteiger partial charge in [-0.25, -0.2) is 4.79 Å². The molecule has 2 aromatic rings. The number of carbonyl (C=O) groups excluding carboxylic acids is 3. The van der Waals surface area contributed by atoms with Crippen LogP contribution in [-0.2, 0) is 19.9 Å². The summed E-state index contributed by atoms with van der Waals surface area (Å²) >= 11 is 0. The maximum Gasteiger partial charge on any atom is 0.338 e. The number of aliphatic hydroxyl groups is 1. The molecule has 0 aromatic heterocycles. The van der Waals surface area contributed by atoms with E-state index in [2.05, 4.69) is 16.0 Å². The van der Waals surface area contributed by atoms with Crippen LogP contribution in [-0.4, -0.2) is 41.6 Å². The predicted molar refractivity (Wildman–Crippen MR) is 124 cm³/mol. The summed E-state index contributed by atoms with van der Waals surface area (Å²) in [5.41, 5.74) is 2.96. The zero-order valence-corrected chi connectivity index (χ0v) is 19.2. The van der Waals surface area contributed by atoms with Crippen LogP contribution in [0.4, 0.5) is 11.4 Å². The third-order valence-electron chi connectivity index (χ3n) is 6.49. The van der Waals surface area contributed by atoms with Gasteiger partial charge in [-0.2, -0.15) is 0 Å². The first-order chi connectivity index (χ1) is 15.7. The van der Waals surface area contributed by atoms with Crippen molar-refractivity contribution in [1.29, 1.82) is 0 Å². The molecule has 1 fully saturated rings. The van der Waals surface area contributed by atoms with E-state index in [1.165, 1.54) is 0 Å². The summed E-state index contributed by atoms with van der Waals surface area (Å²) < 4.78 is 4.99. The standard InChI is InChI=1S/C25H29N3O5/c1-5-33-23(31)16-6-8-17(9-7-16)26-22(30)19-12-20(15(4)29)28-25(19)18-11-13(2)10-14(3)21(18)27-24(25)32/h6-11,15,19-20,28-29H,5,12H2,1-4H3,(H,26,30)(H,27,32). The number of esters is 1. The molecule has 1 saturated heterocycles. The third kappa shape index (κ3) is 3.89. The number of hydrogen-bond donors (Lipinski definition) is 4. The van der Waals surface area contributed by atoms with Crippen LogP contribution in [0.5, 0.6) is 0 Å². The van der Waals surface area contributed by atoms with Gasteiger partial charge >= 0.3 is 5.97 Å². The Bertz CT molecular complexity index is 1110. The highest BCUT2D eigenvalue weighted by Gasteiger charge is 2.61. The highest BCUT2D eigenvalue weighted by atomic mass is 16.5. The lowest BCUT2D eigenvalue weighted by Gasteiger charge is -2.30. The Morgan fingerprint density at radius 1 is 1.24 bits per heavy atom. The summed E-state index contributed by atoms with van der Waals surface area (Å²) in [7, 11) is 0. The van der Waals surface area contributed by atoms with Gasteiger partial charge in [0.15, 0.2) is 0 Å². The van der Waals surface area contributed by atoms with Crippen LogP contribution >= 0.6 is 0 Å². The maximum absolute atomic E-state index is 13.5. The quantitative estimate of drug-likeness (QED) is 0.520. The molecule has 4 rings (SSSR count). The highest BCUT2D eigenvalue weighted by molar-refractivity contribution is 6.11. The van der Waals surface area contributed by atoms with E-state index in [0.717, 1.165) is 16.7 Å². The Morgan fingerprint density at radius 2 is 1.94 bits per heavy atom. The molecule has 8 heteroatoms. The molecule has 1 spiro atoms. The summed E-state index contributed by atoms with van der Waals surface area (Å²) in [5.74, 6) is -1.81. The molecule has 0 bridgehead atoms. The molecule has 4 unspecified atom stereocenters. The second-order valence-electron chi connectivity index (χ2n) is 8.83. The van der Waals surface area contributed by atoms with Gasteiger partial charge in [0.05, 0.1) is 24.2 Å². The lowest BCUT2D eigenvalue weighted by atomic mass is 9.78. The molecule has 0 radical (unpaired) electrons. The first-order valence-electron chi connectivity index (χ1n) is 11.1. The molecular formula is C25H29N3O5. The summed E-state index contributed by atoms with van der Waals surface area (Å²) in [6.07, 6.45) is -0.448. The molecule has 33 heavy (non-hydrogen) atoms. The molecule has 4 N–H and O–H groups in total. The normalized spacial score (nSPS) is 24.3. The van der Waals surface area contributed by atoms with Gasteiger partial charge in [-0.15, -0.1) is 0 Å². The molecule has 2 aliphatic rings. The topological polar surface area (TPSA) is 117 Å². The zero-order valence-electron chi connectivity index (χ0n) is 19.2. The number of nitrogens with one attached hydrogen (secondary N) is 3. The van der Waals surface area contributed by atoms with Gasteiger partial charge in [-0.05, 0) is 63.9 Å². The van der Waals surface area contributed by atoms with E-state index in [-0.39, 0.29) is 18.4 Å². The average Bonchev–Trinajstić information content (AvgIpc) is 3.30. The van der Waals surface area contributed by atoms with Crippen molar-refractivity contribution in [1.82, 2.24) is 5.32 Å². The third-order valence-corrected chi connectivity index (χ3v) is 6.49. The van der Waals surface area contributed by atoms with Gasteiger partial charge in [-0.1, -0.05) is 17.7 Å². The van der Waals surface area contributed by atoms with E-state index in [0.29, 0.717) is 23.4 Å². The van der Waals surface area contributed by atoms with Gasteiger partial charge in [0, 0.05) is 23.0 Å². The number of fused-ring (bicyclic) bond motifs is 2. The molecular weight excluding hydrogens is 422 g/mol. The number of amides is 2. The van der Waals surface area contributed by atoms with Crippen molar-refractivity contribution in [2.24, 2.45) is 5.92 Å². The summed E-state index contributed by atoms with van der Waals surface area (Å²) in [4.78, 5) is 38.7. The lowest BCUT2D eigenvalue weighted by Crippen LogP contribution is -2.53. The Kier molecular flexibility index (Phi) is 5.99. The second-order valence-corrected chi connectivity index (χ2v) is 8.83. The Morgan fingerprint density at radius 3 is 2.58 bits per heavy atom. The summed E-state index contributed by atoms with van der Waals surface area (Å²) in [6, 6.07) is 9.90. The minimum Gasteiger partial charge on any atom is -0.462 e. The van der Waals surface area contributed by atoms with Crippen molar-refractivity contribution in [3.8, 4) is 0 Å². The second kappa shape index (κ2) is 8.61. The van der Waals surface area contributed by atoms with Crippen LogP contribution in [0.1, 0.15) is 47.3 Å². The van der Waals surface area contributed by atoms with E-state index in [1.54, 1.807) is 38.1 Å². The van der Waals surface area contributed by atoms with Crippen LogP contribution in [0.3, 0.4) is 0 Å². The number of benzene rings is 2. The van der Waals surface area contributed by atoms with E-state index in [9.17, 15) is 19.5 Å². The van der Waals surface area contributed by atoms with E-state index in [4.69, 9.17) is 4.74 Å². The number of ether oxygens (including phenoxy) is 1. The van der Waals surface area contributed by atoms with Crippen molar-refractivity contribution in [3.63, 3.8) is 0 Å². The maximum atomic E-state index is 13.5. The molecule has 2 aromatic carbocycles. The van der Waals surface area contributed by atoms with Gasteiger partial charge in [-0.3, -0.25) is 14.9 Å². The first kappa shape index (κ1) is 22.9. The average molecular weight is 452 g/mol. The van der Waals surface area contributed by atoms with Crippen molar-refractivity contribution >= 4 is 29.2 Å². The number of aryl methyl sites for hydroxylation is 2. The van der Waals surface area contributed by atoms with Gasteiger partial charge in [0.1, 0.15) is 5.54 Å². The zero-order chi connectivity index (χ0) is 23.9. The van der Waals surface area contributed by atoms with E-state index in [1.807, 2.05) is 26.0 Å². The van der Waals surface area contributed by atoms with E-state index < -0.39 is 29.6 Å². The minimum atomic E-state index is -1.28. The number of aliphatic hydroxyl groups excluding tert-OH is 1. The van der Waals surface area contributed by atoms with Crippen molar-refractivity contribution in [2.45, 2.75) is 51.8 Å². The van der Waals surface area contributed by atoms with Crippen LogP contribution in [0.2, 0.25) is 0 Å².